The molecule has 0 amide bonds. The molecule has 0 saturated heterocycles. The molecule has 0 unspecified atom stereocenters. The van der Waals surface area contributed by atoms with Gasteiger partial charge in [0.05, 0.1) is 0 Å². The van der Waals surface area contributed by atoms with E-state index in [1.807, 2.05) is 55.2 Å². The summed E-state index contributed by atoms with van der Waals surface area (Å²) in [6.45, 7) is 0.536. The van der Waals surface area contributed by atoms with Gasteiger partial charge in [0.15, 0.2) is 0 Å². The van der Waals surface area contributed by atoms with Crippen LogP contribution in [0.3, 0.4) is 0 Å². The predicted molar refractivity (Wildman–Crippen MR) is 78.8 cm³/mol. The van der Waals surface area contributed by atoms with Crippen LogP contribution in [0.25, 0.3) is 0 Å². The van der Waals surface area contributed by atoms with Gasteiger partial charge in [0.25, 0.3) is 0 Å². The second kappa shape index (κ2) is 5.67. The van der Waals surface area contributed by atoms with Crippen LogP contribution in [0.15, 0.2) is 36.7 Å². The standard InChI is InChI=1S/C14H19N5/c1-18(2)13-8-14(17-10-16-13)19(3)12-6-4-5-11(7-12)9-15/h4-8,10H,9,15H2,1-3H3. The Balaban J connectivity index is 2.32. The molecule has 2 rings (SSSR count). The highest BCUT2D eigenvalue weighted by Crippen LogP contribution is 2.24. The molecule has 0 radical (unpaired) electrons. The maximum Gasteiger partial charge on any atom is 0.138 e. The van der Waals surface area contributed by atoms with Gasteiger partial charge in [-0.1, -0.05) is 12.1 Å². The van der Waals surface area contributed by atoms with Crippen molar-refractivity contribution in [3.8, 4) is 0 Å². The zero-order chi connectivity index (χ0) is 13.8. The summed E-state index contributed by atoms with van der Waals surface area (Å²) in [6, 6.07) is 10.1. The van der Waals surface area contributed by atoms with Gasteiger partial charge in [-0.15, -0.1) is 0 Å². The van der Waals surface area contributed by atoms with Gasteiger partial charge in [-0.2, -0.15) is 0 Å². The fourth-order valence-corrected chi connectivity index (χ4v) is 1.79. The van der Waals surface area contributed by atoms with E-state index in [-0.39, 0.29) is 0 Å². The van der Waals surface area contributed by atoms with Gasteiger partial charge in [0.1, 0.15) is 18.0 Å². The van der Waals surface area contributed by atoms with E-state index in [1.165, 1.54) is 0 Å². The molecule has 2 aromatic rings. The maximum atomic E-state index is 5.67. The number of hydrogen-bond acceptors (Lipinski definition) is 5. The first kappa shape index (κ1) is 13.3. The molecule has 0 fully saturated rings. The van der Waals surface area contributed by atoms with Crippen LogP contribution in [0, 0.1) is 0 Å². The van der Waals surface area contributed by atoms with E-state index in [0.717, 1.165) is 22.9 Å². The van der Waals surface area contributed by atoms with Crippen molar-refractivity contribution in [1.82, 2.24) is 9.97 Å². The molecule has 100 valence electrons. The Hall–Kier alpha value is -2.14. The number of hydrogen-bond donors (Lipinski definition) is 1. The quantitative estimate of drug-likeness (QED) is 0.904. The average molecular weight is 257 g/mol. The normalized spacial score (nSPS) is 10.3. The first-order valence-corrected chi connectivity index (χ1v) is 6.14. The molecule has 19 heavy (non-hydrogen) atoms. The number of rotatable bonds is 4. The molecule has 0 bridgehead atoms. The first-order valence-electron chi connectivity index (χ1n) is 6.14. The summed E-state index contributed by atoms with van der Waals surface area (Å²) >= 11 is 0. The Labute approximate surface area is 113 Å². The Kier molecular flexibility index (Phi) is 3.97. The summed E-state index contributed by atoms with van der Waals surface area (Å²) in [5.41, 5.74) is 7.84. The van der Waals surface area contributed by atoms with E-state index < -0.39 is 0 Å². The number of aromatic nitrogens is 2. The van der Waals surface area contributed by atoms with Gasteiger partial charge in [-0.3, -0.25) is 0 Å². The fraction of sp³-hybridized carbons (Fsp3) is 0.286. The summed E-state index contributed by atoms with van der Waals surface area (Å²) in [6.07, 6.45) is 1.58. The topological polar surface area (TPSA) is 58.3 Å². The Morgan fingerprint density at radius 3 is 2.47 bits per heavy atom. The van der Waals surface area contributed by atoms with Crippen molar-refractivity contribution in [2.75, 3.05) is 30.9 Å². The van der Waals surface area contributed by atoms with Crippen molar-refractivity contribution in [3.05, 3.63) is 42.2 Å². The monoisotopic (exact) mass is 257 g/mol. The predicted octanol–water partition coefficient (Wildman–Crippen LogP) is 1.77. The Morgan fingerprint density at radius 1 is 1.05 bits per heavy atom. The molecule has 0 aliphatic carbocycles. The average Bonchev–Trinajstić information content (AvgIpc) is 2.46. The molecule has 0 saturated carbocycles. The van der Waals surface area contributed by atoms with Gasteiger partial charge in [-0.05, 0) is 17.7 Å². The summed E-state index contributed by atoms with van der Waals surface area (Å²) in [5.74, 6) is 1.74. The van der Waals surface area contributed by atoms with Crippen LogP contribution in [0.5, 0.6) is 0 Å². The molecule has 0 aliphatic rings. The largest absolute Gasteiger partial charge is 0.363 e. The number of benzene rings is 1. The van der Waals surface area contributed by atoms with Crippen LogP contribution in [0.4, 0.5) is 17.3 Å². The van der Waals surface area contributed by atoms with Crippen LogP contribution in [-0.2, 0) is 6.54 Å². The van der Waals surface area contributed by atoms with Gasteiger partial charge < -0.3 is 15.5 Å². The zero-order valence-corrected chi connectivity index (χ0v) is 11.5. The molecule has 5 heteroatoms. The molecule has 0 spiro atoms. The van der Waals surface area contributed by atoms with Crippen LogP contribution in [0.2, 0.25) is 0 Å². The summed E-state index contributed by atoms with van der Waals surface area (Å²) < 4.78 is 0. The minimum Gasteiger partial charge on any atom is -0.363 e. The van der Waals surface area contributed by atoms with Crippen molar-refractivity contribution in [3.63, 3.8) is 0 Å². The lowest BCUT2D eigenvalue weighted by Crippen LogP contribution is -2.15. The lowest BCUT2D eigenvalue weighted by Gasteiger charge is -2.20. The van der Waals surface area contributed by atoms with E-state index in [4.69, 9.17) is 5.73 Å². The number of anilines is 3. The van der Waals surface area contributed by atoms with Crippen molar-refractivity contribution < 1.29 is 0 Å². The molecular formula is C14H19N5. The van der Waals surface area contributed by atoms with Crippen molar-refractivity contribution >= 4 is 17.3 Å². The second-order valence-corrected chi connectivity index (χ2v) is 4.56. The lowest BCUT2D eigenvalue weighted by molar-refractivity contribution is 1.01. The highest BCUT2D eigenvalue weighted by atomic mass is 15.2. The fourth-order valence-electron chi connectivity index (χ4n) is 1.79. The van der Waals surface area contributed by atoms with Crippen molar-refractivity contribution in [2.24, 2.45) is 5.73 Å². The minimum absolute atomic E-state index is 0.536. The third kappa shape index (κ3) is 3.00. The van der Waals surface area contributed by atoms with Crippen molar-refractivity contribution in [1.29, 1.82) is 0 Å². The van der Waals surface area contributed by atoms with Crippen LogP contribution >= 0.6 is 0 Å². The smallest absolute Gasteiger partial charge is 0.138 e. The molecule has 2 N–H and O–H groups in total. The number of nitrogens with two attached hydrogens (primary N) is 1. The first-order chi connectivity index (χ1) is 9.11. The molecular weight excluding hydrogens is 238 g/mol. The molecule has 1 aromatic carbocycles. The third-order valence-electron chi connectivity index (χ3n) is 2.97. The summed E-state index contributed by atoms with van der Waals surface area (Å²) in [4.78, 5) is 12.5. The lowest BCUT2D eigenvalue weighted by atomic mass is 10.2. The molecule has 1 heterocycles. The highest BCUT2D eigenvalue weighted by molar-refractivity contribution is 5.62. The molecule has 0 aliphatic heterocycles. The zero-order valence-electron chi connectivity index (χ0n) is 11.5. The van der Waals surface area contributed by atoms with E-state index in [0.29, 0.717) is 6.54 Å². The second-order valence-electron chi connectivity index (χ2n) is 4.56. The van der Waals surface area contributed by atoms with E-state index in [2.05, 4.69) is 16.0 Å². The Morgan fingerprint density at radius 2 is 1.79 bits per heavy atom. The van der Waals surface area contributed by atoms with Crippen LogP contribution in [0.1, 0.15) is 5.56 Å². The minimum atomic E-state index is 0.536. The summed E-state index contributed by atoms with van der Waals surface area (Å²) in [7, 11) is 5.90. The van der Waals surface area contributed by atoms with Gasteiger partial charge in [0, 0.05) is 39.4 Å². The maximum absolute atomic E-state index is 5.67. The molecule has 1 aromatic heterocycles. The SMILES string of the molecule is CN(C)c1cc(N(C)c2cccc(CN)c2)ncn1. The van der Waals surface area contributed by atoms with Gasteiger partial charge >= 0.3 is 0 Å². The van der Waals surface area contributed by atoms with Gasteiger partial charge in [0.2, 0.25) is 0 Å². The van der Waals surface area contributed by atoms with E-state index in [9.17, 15) is 0 Å². The van der Waals surface area contributed by atoms with Crippen LogP contribution in [-0.4, -0.2) is 31.1 Å². The number of nitrogens with zero attached hydrogens (tertiary/aromatic N) is 4. The van der Waals surface area contributed by atoms with E-state index in [1.54, 1.807) is 6.33 Å². The molecule has 0 atom stereocenters. The highest BCUT2D eigenvalue weighted by Gasteiger charge is 2.08. The van der Waals surface area contributed by atoms with E-state index >= 15 is 0 Å². The summed E-state index contributed by atoms with van der Waals surface area (Å²) in [5, 5.41) is 0. The van der Waals surface area contributed by atoms with Gasteiger partial charge in [-0.25, -0.2) is 9.97 Å². The molecule has 5 nitrogen and oxygen atoms in total. The third-order valence-corrected chi connectivity index (χ3v) is 2.97. The van der Waals surface area contributed by atoms with Crippen LogP contribution < -0.4 is 15.5 Å². The van der Waals surface area contributed by atoms with Crippen molar-refractivity contribution in [2.45, 2.75) is 6.54 Å². The Bertz CT molecular complexity index is 553.